The maximum Gasteiger partial charge on any atom is 0.170 e. The Morgan fingerprint density at radius 3 is 2.48 bits per heavy atom. The molecule has 1 fully saturated rings. The minimum atomic E-state index is 0.134. The SMILES string of the molecule is CCC1(CC)CCN(c2cc(/C(N)=N/O)cc(C)n2)CC1. The van der Waals surface area contributed by atoms with Crippen LogP contribution in [0.4, 0.5) is 5.82 Å². The summed E-state index contributed by atoms with van der Waals surface area (Å²) >= 11 is 0. The summed E-state index contributed by atoms with van der Waals surface area (Å²) in [6, 6.07) is 3.75. The first-order valence-electron chi connectivity index (χ1n) is 7.75. The Hall–Kier alpha value is -1.78. The van der Waals surface area contributed by atoms with Crippen LogP contribution >= 0.6 is 0 Å². The average Bonchev–Trinajstić information content (AvgIpc) is 2.53. The predicted octanol–water partition coefficient (Wildman–Crippen LogP) is 2.89. The molecule has 0 atom stereocenters. The van der Waals surface area contributed by atoms with E-state index in [0.29, 0.717) is 5.41 Å². The first kappa shape index (κ1) is 15.6. The zero-order valence-corrected chi connectivity index (χ0v) is 13.3. The van der Waals surface area contributed by atoms with E-state index in [4.69, 9.17) is 10.9 Å². The summed E-state index contributed by atoms with van der Waals surface area (Å²) < 4.78 is 0. The highest BCUT2D eigenvalue weighted by Crippen LogP contribution is 2.38. The summed E-state index contributed by atoms with van der Waals surface area (Å²) in [6.45, 7) is 8.56. The van der Waals surface area contributed by atoms with Crippen molar-refractivity contribution >= 4 is 11.7 Å². The van der Waals surface area contributed by atoms with Crippen LogP contribution in [-0.4, -0.2) is 29.1 Å². The van der Waals surface area contributed by atoms with Crippen LogP contribution < -0.4 is 10.6 Å². The highest BCUT2D eigenvalue weighted by molar-refractivity contribution is 5.97. The zero-order valence-electron chi connectivity index (χ0n) is 13.3. The molecule has 1 aliphatic rings. The molecule has 1 aromatic heterocycles. The highest BCUT2D eigenvalue weighted by atomic mass is 16.4. The van der Waals surface area contributed by atoms with Gasteiger partial charge in [0.25, 0.3) is 0 Å². The van der Waals surface area contributed by atoms with Crippen LogP contribution in [0, 0.1) is 12.3 Å². The van der Waals surface area contributed by atoms with Crippen molar-refractivity contribution in [2.24, 2.45) is 16.3 Å². The van der Waals surface area contributed by atoms with E-state index in [1.807, 2.05) is 19.1 Å². The Labute approximate surface area is 126 Å². The van der Waals surface area contributed by atoms with Gasteiger partial charge in [0.15, 0.2) is 5.84 Å². The van der Waals surface area contributed by atoms with E-state index in [0.717, 1.165) is 30.2 Å². The Bertz CT molecular complexity index is 513. The summed E-state index contributed by atoms with van der Waals surface area (Å²) in [5.41, 5.74) is 7.81. The van der Waals surface area contributed by atoms with E-state index in [1.54, 1.807) is 0 Å². The van der Waals surface area contributed by atoms with Gasteiger partial charge in [0.2, 0.25) is 0 Å². The minimum absolute atomic E-state index is 0.134. The van der Waals surface area contributed by atoms with E-state index in [2.05, 4.69) is 28.9 Å². The van der Waals surface area contributed by atoms with Crippen molar-refractivity contribution in [3.8, 4) is 0 Å². The maximum absolute atomic E-state index is 8.84. The van der Waals surface area contributed by atoms with Gasteiger partial charge in [-0.3, -0.25) is 0 Å². The number of aryl methyl sites for hydroxylation is 1. The molecule has 1 saturated heterocycles. The molecule has 2 rings (SSSR count). The monoisotopic (exact) mass is 290 g/mol. The third kappa shape index (κ3) is 3.28. The standard InChI is InChI=1S/C16H26N4O/c1-4-16(5-2)6-8-20(9-7-16)14-11-13(15(17)19-21)10-12(3)18-14/h10-11,21H,4-9H2,1-3H3,(H2,17,19). The van der Waals surface area contributed by atoms with Gasteiger partial charge in [-0.1, -0.05) is 31.8 Å². The second-order valence-corrected chi connectivity index (χ2v) is 6.03. The molecule has 1 aromatic rings. The quantitative estimate of drug-likeness (QED) is 0.387. The molecule has 0 spiro atoms. The predicted molar refractivity (Wildman–Crippen MR) is 85.9 cm³/mol. The molecule has 5 nitrogen and oxygen atoms in total. The van der Waals surface area contributed by atoms with Crippen LogP contribution in [0.3, 0.4) is 0 Å². The van der Waals surface area contributed by atoms with Gasteiger partial charge in [-0.25, -0.2) is 4.98 Å². The number of hydrogen-bond donors (Lipinski definition) is 2. The first-order valence-corrected chi connectivity index (χ1v) is 7.75. The number of piperidine rings is 1. The number of oxime groups is 1. The first-order chi connectivity index (χ1) is 10.0. The van der Waals surface area contributed by atoms with Crippen LogP contribution in [-0.2, 0) is 0 Å². The fourth-order valence-electron chi connectivity index (χ4n) is 3.19. The van der Waals surface area contributed by atoms with Gasteiger partial charge in [-0.15, -0.1) is 0 Å². The Kier molecular flexibility index (Phi) is 4.70. The van der Waals surface area contributed by atoms with Gasteiger partial charge < -0.3 is 15.8 Å². The second-order valence-electron chi connectivity index (χ2n) is 6.03. The maximum atomic E-state index is 8.84. The molecule has 0 aromatic carbocycles. The van der Waals surface area contributed by atoms with Gasteiger partial charge in [0.05, 0.1) is 0 Å². The van der Waals surface area contributed by atoms with Crippen LogP contribution in [0.1, 0.15) is 50.8 Å². The number of hydrogen-bond acceptors (Lipinski definition) is 4. The molecule has 0 radical (unpaired) electrons. The van der Waals surface area contributed by atoms with Gasteiger partial charge in [0, 0.05) is 24.3 Å². The Morgan fingerprint density at radius 1 is 1.33 bits per heavy atom. The lowest BCUT2D eigenvalue weighted by molar-refractivity contribution is 0.199. The van der Waals surface area contributed by atoms with Crippen molar-refractivity contribution in [2.75, 3.05) is 18.0 Å². The fraction of sp³-hybridized carbons (Fsp3) is 0.625. The molecule has 0 unspecified atom stereocenters. The van der Waals surface area contributed by atoms with Crippen LogP contribution in [0.25, 0.3) is 0 Å². The summed E-state index contributed by atoms with van der Waals surface area (Å²) in [7, 11) is 0. The third-order valence-corrected chi connectivity index (χ3v) is 4.99. The molecular formula is C16H26N4O. The van der Waals surface area contributed by atoms with E-state index in [-0.39, 0.29) is 5.84 Å². The van der Waals surface area contributed by atoms with Gasteiger partial charge >= 0.3 is 0 Å². The van der Waals surface area contributed by atoms with E-state index in [1.165, 1.54) is 25.7 Å². The van der Waals surface area contributed by atoms with Crippen molar-refractivity contribution in [1.29, 1.82) is 0 Å². The molecule has 3 N–H and O–H groups in total. The highest BCUT2D eigenvalue weighted by Gasteiger charge is 2.31. The number of pyridine rings is 1. The molecular weight excluding hydrogens is 264 g/mol. The van der Waals surface area contributed by atoms with Crippen molar-refractivity contribution in [3.05, 3.63) is 23.4 Å². The Balaban J connectivity index is 2.19. The smallest absolute Gasteiger partial charge is 0.170 e. The zero-order chi connectivity index (χ0) is 15.5. The van der Waals surface area contributed by atoms with Gasteiger partial charge in [-0.2, -0.15) is 0 Å². The van der Waals surface area contributed by atoms with Crippen molar-refractivity contribution < 1.29 is 5.21 Å². The normalized spacial score (nSPS) is 18.8. The number of nitrogens with zero attached hydrogens (tertiary/aromatic N) is 3. The van der Waals surface area contributed by atoms with E-state index >= 15 is 0 Å². The molecule has 2 heterocycles. The molecule has 0 aliphatic carbocycles. The molecule has 0 bridgehead atoms. The number of anilines is 1. The molecule has 116 valence electrons. The third-order valence-electron chi connectivity index (χ3n) is 4.99. The van der Waals surface area contributed by atoms with Crippen LogP contribution in [0.5, 0.6) is 0 Å². The summed E-state index contributed by atoms with van der Waals surface area (Å²) in [4.78, 5) is 6.92. The van der Waals surface area contributed by atoms with Gasteiger partial charge in [-0.05, 0) is 37.3 Å². The van der Waals surface area contributed by atoms with Gasteiger partial charge in [0.1, 0.15) is 5.82 Å². The lowest BCUT2D eigenvalue weighted by atomic mass is 9.74. The molecule has 21 heavy (non-hydrogen) atoms. The van der Waals surface area contributed by atoms with E-state index in [9.17, 15) is 0 Å². The number of nitrogens with two attached hydrogens (primary N) is 1. The summed E-state index contributed by atoms with van der Waals surface area (Å²) in [5, 5.41) is 11.9. The molecule has 0 saturated carbocycles. The second kappa shape index (κ2) is 6.33. The lowest BCUT2D eigenvalue weighted by Gasteiger charge is -2.41. The largest absolute Gasteiger partial charge is 0.409 e. The van der Waals surface area contributed by atoms with Crippen molar-refractivity contribution in [1.82, 2.24) is 4.98 Å². The van der Waals surface area contributed by atoms with E-state index < -0.39 is 0 Å². The topological polar surface area (TPSA) is 74.7 Å². The summed E-state index contributed by atoms with van der Waals surface area (Å²) in [5.74, 6) is 1.06. The minimum Gasteiger partial charge on any atom is -0.409 e. The molecule has 5 heteroatoms. The molecule has 1 aliphatic heterocycles. The average molecular weight is 290 g/mol. The Morgan fingerprint density at radius 2 is 1.95 bits per heavy atom. The van der Waals surface area contributed by atoms with Crippen molar-refractivity contribution in [2.45, 2.75) is 46.5 Å². The molecule has 0 amide bonds. The number of amidine groups is 1. The summed E-state index contributed by atoms with van der Waals surface area (Å²) in [6.07, 6.45) is 4.89. The van der Waals surface area contributed by atoms with Crippen LogP contribution in [0.15, 0.2) is 17.3 Å². The lowest BCUT2D eigenvalue weighted by Crippen LogP contribution is -2.40. The van der Waals surface area contributed by atoms with Crippen molar-refractivity contribution in [3.63, 3.8) is 0 Å². The number of aromatic nitrogens is 1. The van der Waals surface area contributed by atoms with Crippen LogP contribution in [0.2, 0.25) is 0 Å². The number of rotatable bonds is 4. The fourth-order valence-corrected chi connectivity index (χ4v) is 3.19.